The Hall–Kier alpha value is -3.78. The van der Waals surface area contributed by atoms with Crippen molar-refractivity contribution in [3.8, 4) is 0 Å². The third-order valence-electron chi connectivity index (χ3n) is 6.10. The maximum absolute atomic E-state index is 4.89. The van der Waals surface area contributed by atoms with E-state index in [1.807, 2.05) is 0 Å². The van der Waals surface area contributed by atoms with E-state index in [2.05, 4.69) is 97.1 Å². The fraction of sp³-hybridized carbons (Fsp3) is 0.0714. The third-order valence-corrected chi connectivity index (χ3v) is 6.10. The van der Waals surface area contributed by atoms with Gasteiger partial charge in [-0.15, -0.1) is 10.2 Å². The number of hydrogen-bond donors (Lipinski definition) is 0. The Morgan fingerprint density at radius 2 is 0.633 bits per heavy atom. The topological polar surface area (TPSA) is 24.7 Å². The molecule has 2 heteroatoms. The Morgan fingerprint density at radius 1 is 0.367 bits per heavy atom. The van der Waals surface area contributed by atoms with Crippen LogP contribution in [0.5, 0.6) is 0 Å². The summed E-state index contributed by atoms with van der Waals surface area (Å²) in [6, 6.07) is 34.2. The predicted octanol–water partition coefficient (Wildman–Crippen LogP) is 5.79. The summed E-state index contributed by atoms with van der Waals surface area (Å²) in [5, 5.41) is 9.78. The normalized spacial score (nSPS) is 13.6. The van der Waals surface area contributed by atoms with Crippen LogP contribution in [-0.4, -0.2) is 11.4 Å². The summed E-state index contributed by atoms with van der Waals surface area (Å²) in [7, 11) is 0. The van der Waals surface area contributed by atoms with E-state index >= 15 is 0 Å². The van der Waals surface area contributed by atoms with Crippen LogP contribution in [0.15, 0.2) is 107 Å². The van der Waals surface area contributed by atoms with E-state index in [-0.39, 0.29) is 0 Å². The molecule has 4 aromatic carbocycles. The quantitative estimate of drug-likeness (QED) is 0.321. The Kier molecular flexibility index (Phi) is 3.95. The molecule has 2 aliphatic rings. The monoisotopic (exact) mass is 384 g/mol. The van der Waals surface area contributed by atoms with Gasteiger partial charge in [-0.2, -0.15) is 0 Å². The molecule has 0 aromatic heterocycles. The molecule has 6 rings (SSSR count). The molecule has 0 unspecified atom stereocenters. The molecule has 142 valence electrons. The summed E-state index contributed by atoms with van der Waals surface area (Å²) in [5.74, 6) is 0. The van der Waals surface area contributed by atoms with E-state index in [1.54, 1.807) is 0 Å². The lowest BCUT2D eigenvalue weighted by atomic mass is 9.84. The smallest absolute Gasteiger partial charge is 0.101 e. The number of hydrogen-bond acceptors (Lipinski definition) is 2. The Labute approximate surface area is 176 Å². The van der Waals surface area contributed by atoms with E-state index in [0.29, 0.717) is 0 Å². The minimum atomic E-state index is 0.938. The van der Waals surface area contributed by atoms with Gasteiger partial charge >= 0.3 is 0 Å². The Balaban J connectivity index is 1.58. The highest BCUT2D eigenvalue weighted by molar-refractivity contribution is 6.18. The van der Waals surface area contributed by atoms with Crippen molar-refractivity contribution in [1.29, 1.82) is 0 Å². The first kappa shape index (κ1) is 17.1. The van der Waals surface area contributed by atoms with Crippen LogP contribution < -0.4 is 0 Å². The molecule has 0 radical (unpaired) electrons. The average molecular weight is 384 g/mol. The van der Waals surface area contributed by atoms with Gasteiger partial charge in [0.2, 0.25) is 0 Å². The molecule has 0 N–H and O–H groups in total. The number of nitrogens with zero attached hydrogens (tertiary/aromatic N) is 2. The molecule has 0 fully saturated rings. The molecule has 0 saturated carbocycles. The van der Waals surface area contributed by atoms with E-state index in [1.165, 1.54) is 44.5 Å². The van der Waals surface area contributed by atoms with Crippen LogP contribution in [0.25, 0.3) is 0 Å². The fourth-order valence-electron chi connectivity index (χ4n) is 4.64. The summed E-state index contributed by atoms with van der Waals surface area (Å²) in [5.41, 5.74) is 11.9. The highest BCUT2D eigenvalue weighted by atomic mass is 15.2. The molecule has 0 spiro atoms. The Bertz CT molecular complexity index is 1140. The number of benzene rings is 4. The molecular formula is C28H20N2. The van der Waals surface area contributed by atoms with Crippen molar-refractivity contribution >= 4 is 11.4 Å². The molecule has 2 nitrogen and oxygen atoms in total. The van der Waals surface area contributed by atoms with Gasteiger partial charge in [-0.05, 0) is 35.1 Å². The van der Waals surface area contributed by atoms with Gasteiger partial charge in [0.1, 0.15) is 11.4 Å². The second kappa shape index (κ2) is 6.93. The van der Waals surface area contributed by atoms with Crippen molar-refractivity contribution in [2.45, 2.75) is 12.8 Å². The summed E-state index contributed by atoms with van der Waals surface area (Å²) in [4.78, 5) is 0. The van der Waals surface area contributed by atoms with E-state index < -0.39 is 0 Å². The zero-order chi connectivity index (χ0) is 19.9. The second-order valence-electron chi connectivity index (χ2n) is 7.88. The Morgan fingerprint density at radius 3 is 0.933 bits per heavy atom. The molecule has 0 atom stereocenters. The summed E-state index contributed by atoms with van der Waals surface area (Å²) in [6.07, 6.45) is 1.88. The van der Waals surface area contributed by atoms with Gasteiger partial charge in [-0.1, -0.05) is 97.1 Å². The largest absolute Gasteiger partial charge is 0.149 e. The predicted molar refractivity (Wildman–Crippen MR) is 123 cm³/mol. The van der Waals surface area contributed by atoms with Gasteiger partial charge in [-0.3, -0.25) is 0 Å². The van der Waals surface area contributed by atoms with Gasteiger partial charge in [-0.25, -0.2) is 0 Å². The lowest BCUT2D eigenvalue weighted by molar-refractivity contribution is 1.11. The zero-order valence-corrected chi connectivity index (χ0v) is 16.5. The molecule has 0 heterocycles. The third kappa shape index (κ3) is 2.73. The van der Waals surface area contributed by atoms with Gasteiger partial charge in [0.15, 0.2) is 0 Å². The van der Waals surface area contributed by atoms with Crippen molar-refractivity contribution in [3.05, 3.63) is 142 Å². The van der Waals surface area contributed by atoms with E-state index in [9.17, 15) is 0 Å². The van der Waals surface area contributed by atoms with E-state index in [4.69, 9.17) is 10.2 Å². The molecule has 4 aromatic rings. The van der Waals surface area contributed by atoms with Crippen LogP contribution in [0, 0.1) is 0 Å². The van der Waals surface area contributed by atoms with Gasteiger partial charge in [0.05, 0.1) is 0 Å². The molecule has 2 aliphatic carbocycles. The first-order valence-electron chi connectivity index (χ1n) is 10.4. The molecule has 0 saturated heterocycles. The molecule has 0 aliphatic heterocycles. The highest BCUT2D eigenvalue weighted by Crippen LogP contribution is 2.30. The number of fused-ring (bicyclic) bond motifs is 4. The first-order chi connectivity index (χ1) is 14.9. The maximum Gasteiger partial charge on any atom is 0.101 e. The van der Waals surface area contributed by atoms with Gasteiger partial charge in [0, 0.05) is 22.3 Å². The first-order valence-corrected chi connectivity index (χ1v) is 10.4. The fourth-order valence-corrected chi connectivity index (χ4v) is 4.64. The highest BCUT2D eigenvalue weighted by Gasteiger charge is 2.23. The van der Waals surface area contributed by atoms with Crippen LogP contribution in [0.1, 0.15) is 44.5 Å². The van der Waals surface area contributed by atoms with Crippen molar-refractivity contribution in [2.75, 3.05) is 0 Å². The zero-order valence-electron chi connectivity index (χ0n) is 16.5. The van der Waals surface area contributed by atoms with Crippen molar-refractivity contribution in [3.63, 3.8) is 0 Å². The van der Waals surface area contributed by atoms with Crippen molar-refractivity contribution < 1.29 is 0 Å². The molecule has 30 heavy (non-hydrogen) atoms. The van der Waals surface area contributed by atoms with Crippen molar-refractivity contribution in [1.82, 2.24) is 0 Å². The van der Waals surface area contributed by atoms with Crippen LogP contribution in [0.2, 0.25) is 0 Å². The standard InChI is InChI=1S/C28H20N2/c1-5-13-23-19(9-1)17-20-10-2-6-14-24(20)27(23)29-30-28-25-15-7-3-11-21(25)18-22-12-4-8-16-26(22)28/h1-16H,17-18H2. The van der Waals surface area contributed by atoms with Gasteiger partial charge < -0.3 is 0 Å². The lowest BCUT2D eigenvalue weighted by Gasteiger charge is -2.22. The van der Waals surface area contributed by atoms with Crippen LogP contribution in [0.3, 0.4) is 0 Å². The lowest BCUT2D eigenvalue weighted by Crippen LogP contribution is -2.17. The van der Waals surface area contributed by atoms with Gasteiger partial charge in [0.25, 0.3) is 0 Å². The van der Waals surface area contributed by atoms with Crippen LogP contribution in [0.4, 0.5) is 0 Å². The molecule has 0 bridgehead atoms. The maximum atomic E-state index is 4.89. The second-order valence-corrected chi connectivity index (χ2v) is 7.88. The number of rotatable bonds is 1. The van der Waals surface area contributed by atoms with Crippen LogP contribution >= 0.6 is 0 Å². The minimum Gasteiger partial charge on any atom is -0.149 e. The molecular weight excluding hydrogens is 364 g/mol. The van der Waals surface area contributed by atoms with Crippen molar-refractivity contribution in [2.24, 2.45) is 10.2 Å². The average Bonchev–Trinajstić information content (AvgIpc) is 2.81. The van der Waals surface area contributed by atoms with E-state index in [0.717, 1.165) is 24.3 Å². The molecule has 0 amide bonds. The van der Waals surface area contributed by atoms with Crippen LogP contribution in [-0.2, 0) is 12.8 Å². The minimum absolute atomic E-state index is 0.938. The summed E-state index contributed by atoms with van der Waals surface area (Å²) < 4.78 is 0. The summed E-state index contributed by atoms with van der Waals surface area (Å²) in [6.45, 7) is 0. The SMILES string of the molecule is c1ccc2c(c1)Cc1ccccc1C2=NN=C1c2ccccc2Cc2ccccc21. The summed E-state index contributed by atoms with van der Waals surface area (Å²) >= 11 is 0.